The SMILES string of the molecule is CCc1nc2cc(OCC(O)CN3CCN(CC(=O)NCc4ccc(Cl)cc4)CC3)ccc2s1. The number of halogens is 1. The summed E-state index contributed by atoms with van der Waals surface area (Å²) in [5.41, 5.74) is 1.97. The second-order valence-corrected chi connectivity index (χ2v) is 10.1. The Morgan fingerprint density at radius 3 is 2.65 bits per heavy atom. The molecule has 7 nitrogen and oxygen atoms in total. The maximum atomic E-state index is 12.3. The van der Waals surface area contributed by atoms with E-state index in [1.807, 2.05) is 42.5 Å². The van der Waals surface area contributed by atoms with Crippen molar-refractivity contribution < 1.29 is 14.6 Å². The summed E-state index contributed by atoms with van der Waals surface area (Å²) in [6.45, 7) is 6.98. The minimum Gasteiger partial charge on any atom is -0.491 e. The third-order valence-electron chi connectivity index (χ3n) is 5.85. The lowest BCUT2D eigenvalue weighted by atomic mass is 10.2. The molecule has 1 amide bonds. The van der Waals surface area contributed by atoms with Gasteiger partial charge in [0.25, 0.3) is 0 Å². The van der Waals surface area contributed by atoms with Crippen LogP contribution < -0.4 is 10.1 Å². The van der Waals surface area contributed by atoms with Gasteiger partial charge in [0.2, 0.25) is 5.91 Å². The number of aromatic nitrogens is 1. The summed E-state index contributed by atoms with van der Waals surface area (Å²) in [6.07, 6.45) is 0.349. The molecule has 2 aromatic carbocycles. The molecule has 34 heavy (non-hydrogen) atoms. The van der Waals surface area contributed by atoms with Crippen molar-refractivity contribution in [1.29, 1.82) is 0 Å². The number of fused-ring (bicyclic) bond motifs is 1. The van der Waals surface area contributed by atoms with Crippen LogP contribution in [-0.4, -0.2) is 77.8 Å². The van der Waals surface area contributed by atoms with Crippen LogP contribution in [0.2, 0.25) is 5.02 Å². The highest BCUT2D eigenvalue weighted by molar-refractivity contribution is 7.18. The van der Waals surface area contributed by atoms with E-state index >= 15 is 0 Å². The van der Waals surface area contributed by atoms with Gasteiger partial charge in [0.15, 0.2) is 0 Å². The molecule has 9 heteroatoms. The molecule has 2 heterocycles. The number of aliphatic hydroxyl groups is 1. The van der Waals surface area contributed by atoms with E-state index in [9.17, 15) is 9.90 Å². The predicted molar refractivity (Wildman–Crippen MR) is 137 cm³/mol. The molecule has 182 valence electrons. The number of nitrogens with zero attached hydrogens (tertiary/aromatic N) is 3. The summed E-state index contributed by atoms with van der Waals surface area (Å²) in [4.78, 5) is 21.2. The molecule has 0 bridgehead atoms. The lowest BCUT2D eigenvalue weighted by Crippen LogP contribution is -2.51. The molecule has 0 spiro atoms. The highest BCUT2D eigenvalue weighted by atomic mass is 35.5. The number of rotatable bonds is 10. The summed E-state index contributed by atoms with van der Waals surface area (Å²) in [5.74, 6) is 0.744. The molecule has 0 aliphatic carbocycles. The van der Waals surface area contributed by atoms with Gasteiger partial charge in [-0.05, 0) is 36.2 Å². The third kappa shape index (κ3) is 7.13. The number of benzene rings is 2. The van der Waals surface area contributed by atoms with Crippen LogP contribution in [0.5, 0.6) is 5.75 Å². The van der Waals surface area contributed by atoms with Gasteiger partial charge in [0.05, 0.1) is 21.8 Å². The van der Waals surface area contributed by atoms with Crippen LogP contribution in [0.4, 0.5) is 0 Å². The van der Waals surface area contributed by atoms with E-state index in [1.165, 1.54) is 0 Å². The zero-order valence-corrected chi connectivity index (χ0v) is 20.9. The zero-order chi connectivity index (χ0) is 23.9. The molecular formula is C25H31ClN4O3S. The molecule has 1 saturated heterocycles. The highest BCUT2D eigenvalue weighted by Crippen LogP contribution is 2.26. The number of ether oxygens (including phenoxy) is 1. The van der Waals surface area contributed by atoms with E-state index in [0.29, 0.717) is 24.7 Å². The molecule has 1 fully saturated rings. The fourth-order valence-electron chi connectivity index (χ4n) is 3.93. The Labute approximate surface area is 209 Å². The van der Waals surface area contributed by atoms with E-state index in [2.05, 4.69) is 27.0 Å². The van der Waals surface area contributed by atoms with Crippen molar-refractivity contribution in [2.24, 2.45) is 0 Å². The molecule has 0 radical (unpaired) electrons. The lowest BCUT2D eigenvalue weighted by Gasteiger charge is -2.35. The summed E-state index contributed by atoms with van der Waals surface area (Å²) in [6, 6.07) is 13.4. The minimum absolute atomic E-state index is 0.0139. The first-order valence-corrected chi connectivity index (χ1v) is 12.8. The number of hydrogen-bond acceptors (Lipinski definition) is 7. The maximum absolute atomic E-state index is 12.3. The molecule has 0 saturated carbocycles. The number of nitrogens with one attached hydrogen (secondary N) is 1. The fourth-order valence-corrected chi connectivity index (χ4v) is 4.94. The average molecular weight is 503 g/mol. The molecule has 2 N–H and O–H groups in total. The Morgan fingerprint density at radius 2 is 1.91 bits per heavy atom. The van der Waals surface area contributed by atoms with Gasteiger partial charge < -0.3 is 15.2 Å². The number of thiazole rings is 1. The van der Waals surface area contributed by atoms with E-state index < -0.39 is 6.10 Å². The van der Waals surface area contributed by atoms with E-state index in [1.54, 1.807) is 11.3 Å². The Hall–Kier alpha value is -2.23. The summed E-state index contributed by atoms with van der Waals surface area (Å²) in [5, 5.41) is 15.2. The van der Waals surface area contributed by atoms with Crippen molar-refractivity contribution in [2.45, 2.75) is 26.0 Å². The minimum atomic E-state index is -0.577. The molecule has 1 unspecified atom stereocenters. The predicted octanol–water partition coefficient (Wildman–Crippen LogP) is 3.19. The fraction of sp³-hybridized carbons (Fsp3) is 0.440. The zero-order valence-electron chi connectivity index (χ0n) is 19.4. The van der Waals surface area contributed by atoms with Gasteiger partial charge in [-0.3, -0.25) is 14.6 Å². The van der Waals surface area contributed by atoms with Crippen molar-refractivity contribution >= 4 is 39.1 Å². The maximum Gasteiger partial charge on any atom is 0.234 e. The molecule has 1 atom stereocenters. The highest BCUT2D eigenvalue weighted by Gasteiger charge is 2.21. The van der Waals surface area contributed by atoms with E-state index in [0.717, 1.165) is 59.1 Å². The van der Waals surface area contributed by atoms with Gasteiger partial charge in [0.1, 0.15) is 18.5 Å². The van der Waals surface area contributed by atoms with E-state index in [-0.39, 0.29) is 12.5 Å². The van der Waals surface area contributed by atoms with Crippen molar-refractivity contribution in [3.63, 3.8) is 0 Å². The van der Waals surface area contributed by atoms with Crippen LogP contribution in [0, 0.1) is 0 Å². The van der Waals surface area contributed by atoms with Crippen LogP contribution in [0.3, 0.4) is 0 Å². The first-order chi connectivity index (χ1) is 16.5. The molecular weight excluding hydrogens is 472 g/mol. The van der Waals surface area contributed by atoms with Crippen LogP contribution >= 0.6 is 22.9 Å². The van der Waals surface area contributed by atoms with Crippen LogP contribution in [0.15, 0.2) is 42.5 Å². The lowest BCUT2D eigenvalue weighted by molar-refractivity contribution is -0.122. The number of amides is 1. The Kier molecular flexibility index (Phi) is 8.74. The van der Waals surface area contributed by atoms with Gasteiger partial charge >= 0.3 is 0 Å². The van der Waals surface area contributed by atoms with Gasteiger partial charge in [-0.25, -0.2) is 4.98 Å². The topological polar surface area (TPSA) is 77.9 Å². The van der Waals surface area contributed by atoms with Crippen molar-refractivity contribution in [3.8, 4) is 5.75 Å². The summed E-state index contributed by atoms with van der Waals surface area (Å²) < 4.78 is 6.98. The quantitative estimate of drug-likeness (QED) is 0.443. The Morgan fingerprint density at radius 1 is 1.18 bits per heavy atom. The normalized spacial score (nSPS) is 16.0. The van der Waals surface area contributed by atoms with Gasteiger partial charge in [0, 0.05) is 50.4 Å². The second-order valence-electron chi connectivity index (χ2n) is 8.54. The summed E-state index contributed by atoms with van der Waals surface area (Å²) >= 11 is 7.60. The average Bonchev–Trinajstić information content (AvgIpc) is 3.26. The molecule has 1 aromatic heterocycles. The Bertz CT molecular complexity index is 1080. The number of carbonyl (C=O) groups excluding carboxylic acids is 1. The van der Waals surface area contributed by atoms with Gasteiger partial charge in [-0.1, -0.05) is 30.7 Å². The molecule has 1 aliphatic rings. The van der Waals surface area contributed by atoms with Gasteiger partial charge in [-0.15, -0.1) is 11.3 Å². The standard InChI is InChI=1S/C25H31ClN4O3S/c1-2-25-28-22-13-21(7-8-23(22)34-25)33-17-20(31)15-29-9-11-30(12-10-29)16-24(32)27-14-18-3-5-19(26)6-4-18/h3-8,13,20,31H,2,9-12,14-17H2,1H3,(H,27,32). The second kappa shape index (κ2) is 12.0. The smallest absolute Gasteiger partial charge is 0.234 e. The summed E-state index contributed by atoms with van der Waals surface area (Å²) in [7, 11) is 0. The van der Waals surface area contributed by atoms with Crippen molar-refractivity contribution in [2.75, 3.05) is 45.9 Å². The van der Waals surface area contributed by atoms with Crippen LogP contribution in [0.25, 0.3) is 10.2 Å². The van der Waals surface area contributed by atoms with Gasteiger partial charge in [-0.2, -0.15) is 0 Å². The van der Waals surface area contributed by atoms with Crippen molar-refractivity contribution in [1.82, 2.24) is 20.1 Å². The third-order valence-corrected chi connectivity index (χ3v) is 7.28. The number of aliphatic hydroxyl groups excluding tert-OH is 1. The molecule has 3 aromatic rings. The van der Waals surface area contributed by atoms with Crippen LogP contribution in [0.1, 0.15) is 17.5 Å². The number of hydrogen-bond donors (Lipinski definition) is 2. The number of carbonyl (C=O) groups is 1. The molecule has 4 rings (SSSR count). The number of piperazine rings is 1. The monoisotopic (exact) mass is 502 g/mol. The number of aryl methyl sites for hydroxylation is 1. The largest absolute Gasteiger partial charge is 0.491 e. The van der Waals surface area contributed by atoms with Crippen molar-refractivity contribution in [3.05, 3.63) is 58.1 Å². The number of β-amino-alcohol motifs (C(OH)–C–C–N with tert-alkyl or cyclic N) is 1. The molecule has 1 aliphatic heterocycles. The first kappa shape index (κ1) is 24.9. The van der Waals surface area contributed by atoms with E-state index in [4.69, 9.17) is 16.3 Å². The van der Waals surface area contributed by atoms with Crippen LogP contribution in [-0.2, 0) is 17.8 Å². The Balaban J connectivity index is 1.14. The first-order valence-electron chi connectivity index (χ1n) is 11.6.